The molecule has 6 nitrogen and oxygen atoms in total. The third kappa shape index (κ3) is 4.59. The van der Waals surface area contributed by atoms with Gasteiger partial charge in [0.25, 0.3) is 0 Å². The number of hydrogen-bond donors (Lipinski definition) is 3. The summed E-state index contributed by atoms with van der Waals surface area (Å²) < 4.78 is 0. The van der Waals surface area contributed by atoms with Gasteiger partial charge in [0.2, 0.25) is 5.91 Å². The van der Waals surface area contributed by atoms with Crippen LogP contribution in [0.25, 0.3) is 0 Å². The van der Waals surface area contributed by atoms with Gasteiger partial charge in [-0.1, -0.05) is 23.7 Å². The predicted octanol–water partition coefficient (Wildman–Crippen LogP) is 1.68. The van der Waals surface area contributed by atoms with Crippen molar-refractivity contribution in [1.29, 1.82) is 0 Å². The highest BCUT2D eigenvalue weighted by Crippen LogP contribution is 2.32. The van der Waals surface area contributed by atoms with E-state index in [-0.39, 0.29) is 30.4 Å². The maximum atomic E-state index is 12.0. The van der Waals surface area contributed by atoms with Gasteiger partial charge in [-0.05, 0) is 31.0 Å². The molecule has 0 radical (unpaired) electrons. The molecule has 3 atom stereocenters. The molecular weight excluding hydrogens is 318 g/mol. The second-order valence-corrected chi connectivity index (χ2v) is 6.29. The number of nitrogens with one attached hydrogen (secondary N) is 2. The Bertz CT molecular complexity index is 562. The third-order valence-corrected chi connectivity index (χ3v) is 4.21. The molecule has 126 valence electrons. The van der Waals surface area contributed by atoms with Gasteiger partial charge in [-0.15, -0.1) is 0 Å². The number of aliphatic hydroxyl groups is 1. The number of carbonyl (C=O) groups is 2. The average molecular weight is 340 g/mol. The lowest BCUT2D eigenvalue weighted by Crippen LogP contribution is -2.45. The fourth-order valence-corrected chi connectivity index (χ4v) is 2.85. The van der Waals surface area contributed by atoms with Crippen LogP contribution in [0.5, 0.6) is 0 Å². The van der Waals surface area contributed by atoms with E-state index in [0.29, 0.717) is 18.0 Å². The first-order chi connectivity index (χ1) is 10.9. The maximum Gasteiger partial charge on any atom is 0.315 e. The van der Waals surface area contributed by atoms with E-state index in [1.54, 1.807) is 31.0 Å². The van der Waals surface area contributed by atoms with E-state index in [4.69, 9.17) is 11.6 Å². The Labute approximate surface area is 140 Å². The molecule has 1 heterocycles. The van der Waals surface area contributed by atoms with Gasteiger partial charge < -0.3 is 20.6 Å². The number of aliphatic hydroxyl groups excluding tert-OH is 1. The van der Waals surface area contributed by atoms with E-state index >= 15 is 0 Å². The van der Waals surface area contributed by atoms with Crippen LogP contribution in [-0.2, 0) is 4.79 Å². The van der Waals surface area contributed by atoms with Gasteiger partial charge in [0.05, 0.1) is 18.2 Å². The van der Waals surface area contributed by atoms with Crippen molar-refractivity contribution < 1.29 is 14.7 Å². The lowest BCUT2D eigenvalue weighted by atomic mass is 10.0. The summed E-state index contributed by atoms with van der Waals surface area (Å²) in [7, 11) is 1.73. The largest absolute Gasteiger partial charge is 0.393 e. The Morgan fingerprint density at radius 2 is 2.09 bits per heavy atom. The van der Waals surface area contributed by atoms with Crippen molar-refractivity contribution in [3.8, 4) is 0 Å². The number of hydrogen-bond acceptors (Lipinski definition) is 3. The number of likely N-dealkylation sites (tertiary alicyclic amines) is 1. The molecule has 0 bridgehead atoms. The SMILES string of the molecule is C[C@H](O)CCNC(=O)N[C@H]1CC(=O)N(C)[C@@H]1c1ccc(Cl)cc1. The van der Waals surface area contributed by atoms with Crippen LogP contribution in [0.15, 0.2) is 24.3 Å². The molecule has 2 rings (SSSR count). The van der Waals surface area contributed by atoms with E-state index < -0.39 is 6.10 Å². The van der Waals surface area contributed by atoms with Gasteiger partial charge in [-0.3, -0.25) is 4.79 Å². The Hall–Kier alpha value is -1.79. The van der Waals surface area contributed by atoms with E-state index in [1.165, 1.54) is 0 Å². The van der Waals surface area contributed by atoms with Crippen LogP contribution in [0.4, 0.5) is 4.79 Å². The number of likely N-dealkylation sites (N-methyl/N-ethyl adjacent to an activating group) is 1. The van der Waals surface area contributed by atoms with Crippen molar-refractivity contribution in [2.45, 2.75) is 38.0 Å². The molecule has 0 unspecified atom stereocenters. The number of benzene rings is 1. The van der Waals surface area contributed by atoms with Crippen molar-refractivity contribution in [3.05, 3.63) is 34.9 Å². The number of nitrogens with zero attached hydrogens (tertiary/aromatic N) is 1. The minimum atomic E-state index is -0.462. The number of halogens is 1. The molecular formula is C16H22ClN3O3. The maximum absolute atomic E-state index is 12.0. The Morgan fingerprint density at radius 1 is 1.43 bits per heavy atom. The zero-order chi connectivity index (χ0) is 17.0. The molecule has 1 aliphatic rings. The lowest BCUT2D eigenvalue weighted by Gasteiger charge is -2.26. The average Bonchev–Trinajstić information content (AvgIpc) is 2.74. The highest BCUT2D eigenvalue weighted by atomic mass is 35.5. The van der Waals surface area contributed by atoms with Crippen LogP contribution in [0.3, 0.4) is 0 Å². The second kappa shape index (κ2) is 7.66. The van der Waals surface area contributed by atoms with Crippen LogP contribution in [0.1, 0.15) is 31.4 Å². The van der Waals surface area contributed by atoms with Crippen LogP contribution >= 0.6 is 11.6 Å². The minimum Gasteiger partial charge on any atom is -0.393 e. The van der Waals surface area contributed by atoms with Crippen molar-refractivity contribution in [2.75, 3.05) is 13.6 Å². The monoisotopic (exact) mass is 339 g/mol. The van der Waals surface area contributed by atoms with Crippen LogP contribution in [-0.4, -0.2) is 47.7 Å². The van der Waals surface area contributed by atoms with Crippen LogP contribution < -0.4 is 10.6 Å². The first-order valence-electron chi connectivity index (χ1n) is 7.62. The second-order valence-electron chi connectivity index (χ2n) is 5.85. The van der Waals surface area contributed by atoms with E-state index in [0.717, 1.165) is 5.56 Å². The summed E-state index contributed by atoms with van der Waals surface area (Å²) >= 11 is 5.91. The summed E-state index contributed by atoms with van der Waals surface area (Å²) in [4.78, 5) is 25.6. The van der Waals surface area contributed by atoms with Gasteiger partial charge in [-0.2, -0.15) is 0 Å². The Morgan fingerprint density at radius 3 is 2.70 bits per heavy atom. The van der Waals surface area contributed by atoms with Crippen molar-refractivity contribution in [1.82, 2.24) is 15.5 Å². The molecule has 1 fully saturated rings. The number of urea groups is 1. The molecule has 1 aliphatic heterocycles. The highest BCUT2D eigenvalue weighted by molar-refractivity contribution is 6.30. The molecule has 0 saturated carbocycles. The molecule has 3 N–H and O–H groups in total. The predicted molar refractivity (Wildman–Crippen MR) is 88.2 cm³/mol. The summed E-state index contributed by atoms with van der Waals surface area (Å²) in [6.07, 6.45) is 0.279. The molecule has 7 heteroatoms. The summed E-state index contributed by atoms with van der Waals surface area (Å²) in [5.41, 5.74) is 0.928. The fourth-order valence-electron chi connectivity index (χ4n) is 2.73. The van der Waals surface area contributed by atoms with E-state index in [9.17, 15) is 14.7 Å². The molecule has 23 heavy (non-hydrogen) atoms. The normalized spacial score (nSPS) is 22.1. The van der Waals surface area contributed by atoms with Gasteiger partial charge in [0.1, 0.15) is 0 Å². The zero-order valence-electron chi connectivity index (χ0n) is 13.3. The molecule has 3 amide bonds. The molecule has 0 aromatic heterocycles. The summed E-state index contributed by atoms with van der Waals surface area (Å²) in [6.45, 7) is 2.05. The van der Waals surface area contributed by atoms with Crippen molar-refractivity contribution in [2.24, 2.45) is 0 Å². The number of rotatable bonds is 5. The summed E-state index contributed by atoms with van der Waals surface area (Å²) in [6, 6.07) is 6.41. The third-order valence-electron chi connectivity index (χ3n) is 3.96. The quantitative estimate of drug-likeness (QED) is 0.763. The Kier molecular flexibility index (Phi) is 5.85. The highest BCUT2D eigenvalue weighted by Gasteiger charge is 2.39. The van der Waals surface area contributed by atoms with Crippen molar-refractivity contribution in [3.63, 3.8) is 0 Å². The standard InChI is InChI=1S/C16H22ClN3O3/c1-10(21)7-8-18-16(23)19-13-9-14(22)20(2)15(13)11-3-5-12(17)6-4-11/h3-6,10,13,15,21H,7-9H2,1-2H3,(H2,18,19,23)/t10-,13-,15+/m0/s1. The fraction of sp³-hybridized carbons (Fsp3) is 0.500. The van der Waals surface area contributed by atoms with Gasteiger partial charge in [0.15, 0.2) is 0 Å². The topological polar surface area (TPSA) is 81.7 Å². The first kappa shape index (κ1) is 17.6. The number of amides is 3. The number of carbonyl (C=O) groups excluding carboxylic acids is 2. The van der Waals surface area contributed by atoms with Gasteiger partial charge in [0, 0.05) is 25.0 Å². The summed E-state index contributed by atoms with van der Waals surface area (Å²) in [5.74, 6) is -0.0146. The molecule has 1 aromatic carbocycles. The summed E-state index contributed by atoms with van der Waals surface area (Å²) in [5, 5.41) is 15.4. The minimum absolute atomic E-state index is 0.0146. The molecule has 0 spiro atoms. The van der Waals surface area contributed by atoms with Gasteiger partial charge in [-0.25, -0.2) is 4.79 Å². The first-order valence-corrected chi connectivity index (χ1v) is 8.00. The van der Waals surface area contributed by atoms with Crippen LogP contribution in [0, 0.1) is 0 Å². The smallest absolute Gasteiger partial charge is 0.315 e. The lowest BCUT2D eigenvalue weighted by molar-refractivity contribution is -0.127. The zero-order valence-corrected chi connectivity index (χ0v) is 14.0. The molecule has 1 saturated heterocycles. The van der Waals surface area contributed by atoms with Crippen LogP contribution in [0.2, 0.25) is 5.02 Å². The molecule has 0 aliphatic carbocycles. The van der Waals surface area contributed by atoms with Crippen molar-refractivity contribution >= 4 is 23.5 Å². The van der Waals surface area contributed by atoms with Gasteiger partial charge >= 0.3 is 6.03 Å². The Balaban J connectivity index is 2.02. The van der Waals surface area contributed by atoms with E-state index in [2.05, 4.69) is 10.6 Å². The molecule has 1 aromatic rings. The van der Waals surface area contributed by atoms with E-state index in [1.807, 2.05) is 12.1 Å².